The SMILES string of the molecule is Cc1nc(-c2ccc(S(=O)(=O)N[C@H](C)CN3C[C@H](C)C[C@@H](C)C3)cc2)co1. The number of nitrogens with one attached hydrogen (secondary N) is 1. The molecule has 6 nitrogen and oxygen atoms in total. The number of benzene rings is 1. The summed E-state index contributed by atoms with van der Waals surface area (Å²) in [6.07, 6.45) is 2.81. The predicted octanol–water partition coefficient (Wildman–Crippen LogP) is 3.29. The van der Waals surface area contributed by atoms with Crippen molar-refractivity contribution in [1.82, 2.24) is 14.6 Å². The van der Waals surface area contributed by atoms with Gasteiger partial charge in [0.25, 0.3) is 0 Å². The van der Waals surface area contributed by atoms with Gasteiger partial charge in [-0.3, -0.25) is 0 Å². The molecule has 1 aliphatic rings. The Bertz CT molecular complexity index is 851. The number of rotatable bonds is 6. The third kappa shape index (κ3) is 5.18. The van der Waals surface area contributed by atoms with E-state index in [0.717, 1.165) is 25.2 Å². The Hall–Kier alpha value is -1.70. The highest BCUT2D eigenvalue weighted by atomic mass is 32.2. The van der Waals surface area contributed by atoms with Gasteiger partial charge >= 0.3 is 0 Å². The van der Waals surface area contributed by atoms with Gasteiger partial charge in [-0.05, 0) is 37.3 Å². The average Bonchev–Trinajstić information content (AvgIpc) is 3.00. The van der Waals surface area contributed by atoms with Crippen molar-refractivity contribution in [3.05, 3.63) is 36.4 Å². The maximum absolute atomic E-state index is 12.7. The largest absolute Gasteiger partial charge is 0.449 e. The normalized spacial score (nSPS) is 22.7. The average molecular weight is 392 g/mol. The van der Waals surface area contributed by atoms with Crippen molar-refractivity contribution in [1.29, 1.82) is 0 Å². The Morgan fingerprint density at radius 2 is 1.85 bits per heavy atom. The molecule has 0 amide bonds. The lowest BCUT2D eigenvalue weighted by Gasteiger charge is -2.36. The minimum atomic E-state index is -3.55. The first-order valence-electron chi connectivity index (χ1n) is 9.50. The van der Waals surface area contributed by atoms with Crippen LogP contribution in [0.4, 0.5) is 0 Å². The van der Waals surface area contributed by atoms with E-state index in [1.54, 1.807) is 37.5 Å². The first-order valence-corrected chi connectivity index (χ1v) is 11.0. The molecule has 0 spiro atoms. The summed E-state index contributed by atoms with van der Waals surface area (Å²) in [5.74, 6) is 1.90. The van der Waals surface area contributed by atoms with Crippen LogP contribution < -0.4 is 4.72 Å². The quantitative estimate of drug-likeness (QED) is 0.818. The number of nitrogens with zero attached hydrogens (tertiary/aromatic N) is 2. The van der Waals surface area contributed by atoms with E-state index in [1.807, 2.05) is 6.92 Å². The molecule has 3 atom stereocenters. The van der Waals surface area contributed by atoms with E-state index in [4.69, 9.17) is 4.42 Å². The molecule has 1 N–H and O–H groups in total. The lowest BCUT2D eigenvalue weighted by atomic mass is 9.92. The first kappa shape index (κ1) is 20.0. The van der Waals surface area contributed by atoms with Gasteiger partial charge in [0.2, 0.25) is 10.0 Å². The molecule has 1 aromatic carbocycles. The van der Waals surface area contributed by atoms with Gasteiger partial charge in [0.1, 0.15) is 12.0 Å². The fourth-order valence-electron chi connectivity index (χ4n) is 4.00. The van der Waals surface area contributed by atoms with Crippen LogP contribution in [0.1, 0.15) is 33.1 Å². The van der Waals surface area contributed by atoms with Crippen molar-refractivity contribution < 1.29 is 12.8 Å². The fourth-order valence-corrected chi connectivity index (χ4v) is 5.23. The summed E-state index contributed by atoms with van der Waals surface area (Å²) in [6.45, 7) is 11.0. The zero-order chi connectivity index (χ0) is 19.6. The van der Waals surface area contributed by atoms with E-state index in [-0.39, 0.29) is 10.9 Å². The molecule has 7 heteroatoms. The monoisotopic (exact) mass is 391 g/mol. The van der Waals surface area contributed by atoms with Gasteiger partial charge in [0.05, 0.1) is 4.90 Å². The van der Waals surface area contributed by atoms with Gasteiger partial charge in [-0.15, -0.1) is 0 Å². The summed E-state index contributed by atoms with van der Waals surface area (Å²) in [5.41, 5.74) is 1.53. The van der Waals surface area contributed by atoms with Crippen molar-refractivity contribution in [2.75, 3.05) is 19.6 Å². The molecular formula is C20H29N3O3S. The molecule has 1 saturated heterocycles. The Balaban J connectivity index is 1.63. The van der Waals surface area contributed by atoms with Gasteiger partial charge < -0.3 is 9.32 Å². The summed E-state index contributed by atoms with van der Waals surface area (Å²) in [6, 6.07) is 6.58. The van der Waals surface area contributed by atoms with E-state index in [0.29, 0.717) is 23.4 Å². The molecule has 0 bridgehead atoms. The number of aromatic nitrogens is 1. The number of sulfonamides is 1. The number of likely N-dealkylation sites (tertiary alicyclic amines) is 1. The third-order valence-corrected chi connectivity index (χ3v) is 6.52. The molecule has 3 rings (SSSR count). The smallest absolute Gasteiger partial charge is 0.240 e. The van der Waals surface area contributed by atoms with Crippen LogP contribution in [0.15, 0.2) is 39.8 Å². The van der Waals surface area contributed by atoms with Gasteiger partial charge in [-0.25, -0.2) is 18.1 Å². The summed E-state index contributed by atoms with van der Waals surface area (Å²) in [4.78, 5) is 6.89. The molecule has 148 valence electrons. The number of piperidine rings is 1. The second kappa shape index (κ2) is 8.12. The molecule has 1 fully saturated rings. The number of hydrogen-bond acceptors (Lipinski definition) is 5. The lowest BCUT2D eigenvalue weighted by molar-refractivity contribution is 0.134. The zero-order valence-electron chi connectivity index (χ0n) is 16.5. The lowest BCUT2D eigenvalue weighted by Crippen LogP contribution is -2.46. The number of oxazole rings is 1. The molecule has 2 heterocycles. The summed E-state index contributed by atoms with van der Waals surface area (Å²) < 4.78 is 33.4. The van der Waals surface area contributed by atoms with Crippen molar-refractivity contribution in [2.45, 2.75) is 45.1 Å². The second-order valence-electron chi connectivity index (χ2n) is 7.96. The maximum Gasteiger partial charge on any atom is 0.240 e. The Kier molecular flexibility index (Phi) is 6.03. The van der Waals surface area contributed by atoms with E-state index in [2.05, 4.69) is 28.5 Å². The molecule has 1 aliphatic heterocycles. The van der Waals surface area contributed by atoms with Crippen LogP contribution in [0, 0.1) is 18.8 Å². The predicted molar refractivity (Wildman–Crippen MR) is 106 cm³/mol. The van der Waals surface area contributed by atoms with Gasteiger partial charge in [-0.1, -0.05) is 26.0 Å². The highest BCUT2D eigenvalue weighted by Gasteiger charge is 2.25. The van der Waals surface area contributed by atoms with Crippen LogP contribution in [-0.4, -0.2) is 44.0 Å². The van der Waals surface area contributed by atoms with Crippen LogP contribution in [-0.2, 0) is 10.0 Å². The Morgan fingerprint density at radius 3 is 2.41 bits per heavy atom. The third-order valence-electron chi connectivity index (χ3n) is 4.91. The van der Waals surface area contributed by atoms with Crippen LogP contribution >= 0.6 is 0 Å². The summed E-state index contributed by atoms with van der Waals surface area (Å²) in [5, 5.41) is 0. The van der Waals surface area contributed by atoms with Gasteiger partial charge in [-0.2, -0.15) is 0 Å². The van der Waals surface area contributed by atoms with Crippen LogP contribution in [0.3, 0.4) is 0 Å². The Labute approximate surface area is 162 Å². The van der Waals surface area contributed by atoms with Crippen molar-refractivity contribution in [3.63, 3.8) is 0 Å². The van der Waals surface area contributed by atoms with Crippen molar-refractivity contribution in [2.24, 2.45) is 11.8 Å². The first-order chi connectivity index (χ1) is 12.7. The van der Waals surface area contributed by atoms with Gasteiger partial charge in [0, 0.05) is 38.2 Å². The number of hydrogen-bond donors (Lipinski definition) is 1. The highest BCUT2D eigenvalue weighted by Crippen LogP contribution is 2.22. The molecule has 2 aromatic rings. The molecule has 0 unspecified atom stereocenters. The molecule has 27 heavy (non-hydrogen) atoms. The van der Waals surface area contributed by atoms with E-state index < -0.39 is 10.0 Å². The van der Waals surface area contributed by atoms with Crippen molar-refractivity contribution in [3.8, 4) is 11.3 Å². The minimum Gasteiger partial charge on any atom is -0.449 e. The molecule has 0 saturated carbocycles. The van der Waals surface area contributed by atoms with E-state index in [9.17, 15) is 8.42 Å². The van der Waals surface area contributed by atoms with Crippen LogP contribution in [0.25, 0.3) is 11.3 Å². The van der Waals surface area contributed by atoms with Gasteiger partial charge in [0.15, 0.2) is 5.89 Å². The molecule has 0 radical (unpaired) electrons. The van der Waals surface area contributed by atoms with E-state index in [1.165, 1.54) is 6.42 Å². The second-order valence-corrected chi connectivity index (χ2v) is 9.68. The highest BCUT2D eigenvalue weighted by molar-refractivity contribution is 7.89. The molecule has 0 aliphatic carbocycles. The van der Waals surface area contributed by atoms with Crippen molar-refractivity contribution >= 4 is 10.0 Å². The topological polar surface area (TPSA) is 75.4 Å². The fraction of sp³-hybridized carbons (Fsp3) is 0.550. The summed E-state index contributed by atoms with van der Waals surface area (Å²) >= 11 is 0. The Morgan fingerprint density at radius 1 is 1.22 bits per heavy atom. The summed E-state index contributed by atoms with van der Waals surface area (Å²) in [7, 11) is -3.55. The maximum atomic E-state index is 12.7. The van der Waals surface area contributed by atoms with Crippen LogP contribution in [0.2, 0.25) is 0 Å². The molecular weight excluding hydrogens is 362 g/mol. The van der Waals surface area contributed by atoms with E-state index >= 15 is 0 Å². The molecule has 1 aromatic heterocycles. The standard InChI is InChI=1S/C20H29N3O3S/c1-14-9-15(2)11-23(10-14)12-16(3)22-27(24,25)19-7-5-18(6-8-19)20-13-26-17(4)21-20/h5-8,13-16,22H,9-12H2,1-4H3/t14-,15-,16-/m1/s1. The zero-order valence-corrected chi connectivity index (χ0v) is 17.3. The van der Waals surface area contributed by atoms with Crippen LogP contribution in [0.5, 0.6) is 0 Å². The number of aryl methyl sites for hydroxylation is 1. The minimum absolute atomic E-state index is 0.148.